The minimum absolute atomic E-state index is 0.121. The summed E-state index contributed by atoms with van der Waals surface area (Å²) in [6.07, 6.45) is 0. The minimum Gasteiger partial charge on any atom is -0.494 e. The van der Waals surface area contributed by atoms with Crippen LogP contribution >= 0.6 is 23.4 Å². The topological polar surface area (TPSA) is 73.2 Å². The number of nitrogens with one attached hydrogen (secondary N) is 1. The second-order valence-electron chi connectivity index (χ2n) is 6.91. The molecule has 1 heterocycles. The molecule has 0 unspecified atom stereocenters. The highest BCUT2D eigenvalue weighted by Crippen LogP contribution is 2.22. The number of thioether (sulfide) groups is 1. The summed E-state index contributed by atoms with van der Waals surface area (Å²) < 4.78 is 6.78. The Bertz CT molecular complexity index is 1130. The Balaban J connectivity index is 1.66. The van der Waals surface area contributed by atoms with Crippen molar-refractivity contribution in [1.29, 1.82) is 0 Å². The van der Waals surface area contributed by atoms with Gasteiger partial charge in [0.1, 0.15) is 10.8 Å². The number of halogens is 1. The Labute approximate surface area is 190 Å². The zero-order chi connectivity index (χ0) is 22.4. The van der Waals surface area contributed by atoms with Gasteiger partial charge in [0.15, 0.2) is 0 Å². The fraction of sp³-hybridized carbons (Fsp3) is 0.261. The van der Waals surface area contributed by atoms with Crippen LogP contribution in [0, 0.1) is 6.92 Å². The lowest BCUT2D eigenvalue weighted by atomic mass is 10.2. The Morgan fingerprint density at radius 2 is 2.03 bits per heavy atom. The number of benzene rings is 2. The number of hydrogen-bond donors (Lipinski definition) is 1. The van der Waals surface area contributed by atoms with Crippen molar-refractivity contribution in [1.82, 2.24) is 15.1 Å². The van der Waals surface area contributed by atoms with Crippen LogP contribution in [0.2, 0.25) is 5.02 Å². The van der Waals surface area contributed by atoms with Crippen molar-refractivity contribution < 1.29 is 9.53 Å². The van der Waals surface area contributed by atoms with Crippen molar-refractivity contribution >= 4 is 29.3 Å². The number of carbonyl (C=O) groups is 1. The van der Waals surface area contributed by atoms with E-state index in [0.29, 0.717) is 28.9 Å². The monoisotopic (exact) mass is 457 g/mol. The third-order valence-corrected chi connectivity index (χ3v) is 5.95. The van der Waals surface area contributed by atoms with Crippen LogP contribution in [0.15, 0.2) is 64.4 Å². The lowest BCUT2D eigenvalue weighted by Crippen LogP contribution is -2.30. The quantitative estimate of drug-likeness (QED) is 0.508. The molecule has 1 amide bonds. The maximum absolute atomic E-state index is 12.6. The summed E-state index contributed by atoms with van der Waals surface area (Å²) in [5.41, 5.74) is 2.19. The smallest absolute Gasteiger partial charge is 0.271 e. The van der Waals surface area contributed by atoms with Crippen LogP contribution in [-0.2, 0) is 11.3 Å². The van der Waals surface area contributed by atoms with Gasteiger partial charge in [0.2, 0.25) is 5.91 Å². The van der Waals surface area contributed by atoms with Crippen LogP contribution in [0.4, 0.5) is 0 Å². The van der Waals surface area contributed by atoms with Gasteiger partial charge >= 0.3 is 0 Å². The van der Waals surface area contributed by atoms with Crippen LogP contribution < -0.4 is 15.6 Å². The van der Waals surface area contributed by atoms with Gasteiger partial charge < -0.3 is 10.1 Å². The molecule has 3 aromatic rings. The van der Waals surface area contributed by atoms with Gasteiger partial charge in [-0.2, -0.15) is 9.78 Å². The minimum atomic E-state index is -0.393. The third-order valence-electron chi connectivity index (χ3n) is 4.52. The molecule has 8 heteroatoms. The summed E-state index contributed by atoms with van der Waals surface area (Å²) in [6.45, 7) is 6.61. The number of carbonyl (C=O) groups excluding carboxylic acids is 1. The molecule has 1 aromatic heterocycles. The van der Waals surface area contributed by atoms with E-state index in [1.165, 1.54) is 22.5 Å². The Morgan fingerprint density at radius 1 is 1.23 bits per heavy atom. The molecule has 0 fully saturated rings. The van der Waals surface area contributed by atoms with Gasteiger partial charge in [-0.1, -0.05) is 41.6 Å². The van der Waals surface area contributed by atoms with Gasteiger partial charge in [-0.15, -0.1) is 0 Å². The van der Waals surface area contributed by atoms with Gasteiger partial charge in [-0.3, -0.25) is 9.59 Å². The average molecular weight is 458 g/mol. The standard InChI is InChI=1S/C23H24ClN3O3S/c1-4-30-19-7-5-6-17(12-19)14-25-23(29)16(3)31-21-10-11-22(28)27(26-21)18-9-8-15(2)20(24)13-18/h5-13,16H,4,14H2,1-3H3,(H,25,29)/t16-/m1/s1. The van der Waals surface area contributed by atoms with Gasteiger partial charge in [0.05, 0.1) is 17.5 Å². The predicted molar refractivity (Wildman–Crippen MR) is 124 cm³/mol. The molecule has 162 valence electrons. The van der Waals surface area contributed by atoms with E-state index in [4.69, 9.17) is 16.3 Å². The molecule has 1 N–H and O–H groups in total. The Morgan fingerprint density at radius 3 is 2.77 bits per heavy atom. The third kappa shape index (κ3) is 6.12. The normalized spacial score (nSPS) is 11.7. The highest BCUT2D eigenvalue weighted by Gasteiger charge is 2.16. The molecule has 3 rings (SSSR count). The molecule has 1 atom stereocenters. The first-order valence-corrected chi connectivity index (χ1v) is 11.2. The van der Waals surface area contributed by atoms with Crippen molar-refractivity contribution in [2.75, 3.05) is 6.61 Å². The molecule has 0 aliphatic heterocycles. The summed E-state index contributed by atoms with van der Waals surface area (Å²) >= 11 is 7.47. The largest absolute Gasteiger partial charge is 0.494 e. The number of ether oxygens (including phenoxy) is 1. The van der Waals surface area contributed by atoms with E-state index >= 15 is 0 Å². The van der Waals surface area contributed by atoms with Gasteiger partial charge in [0, 0.05) is 17.6 Å². The fourth-order valence-corrected chi connectivity index (χ4v) is 3.84. The van der Waals surface area contributed by atoms with Crippen LogP contribution in [0.25, 0.3) is 5.69 Å². The molecule has 0 bridgehead atoms. The molecular formula is C23H24ClN3O3S. The van der Waals surface area contributed by atoms with E-state index in [-0.39, 0.29) is 11.5 Å². The van der Waals surface area contributed by atoms with Crippen molar-refractivity contribution in [3.8, 4) is 11.4 Å². The summed E-state index contributed by atoms with van der Waals surface area (Å²) in [5.74, 6) is 0.657. The van der Waals surface area contributed by atoms with Crippen molar-refractivity contribution in [2.45, 2.75) is 37.6 Å². The van der Waals surface area contributed by atoms with Gasteiger partial charge in [-0.05, 0) is 62.2 Å². The average Bonchev–Trinajstić information content (AvgIpc) is 2.76. The Hall–Kier alpha value is -2.77. The van der Waals surface area contributed by atoms with Gasteiger partial charge in [-0.25, -0.2) is 0 Å². The molecule has 0 aliphatic rings. The Kier molecular flexibility index (Phi) is 7.76. The van der Waals surface area contributed by atoms with Crippen molar-refractivity contribution in [3.05, 3.63) is 81.1 Å². The molecule has 2 aromatic carbocycles. The van der Waals surface area contributed by atoms with E-state index in [2.05, 4.69) is 10.4 Å². The molecule has 0 spiro atoms. The zero-order valence-electron chi connectivity index (χ0n) is 17.6. The van der Waals surface area contributed by atoms with Crippen LogP contribution in [0.5, 0.6) is 5.75 Å². The molecule has 0 saturated carbocycles. The van der Waals surface area contributed by atoms with Crippen molar-refractivity contribution in [3.63, 3.8) is 0 Å². The molecule has 0 radical (unpaired) electrons. The number of amides is 1. The predicted octanol–water partition coefficient (Wildman–Crippen LogP) is 4.39. The summed E-state index contributed by atoms with van der Waals surface area (Å²) in [5, 5.41) is 8.06. The van der Waals surface area contributed by atoms with Crippen LogP contribution in [0.1, 0.15) is 25.0 Å². The van der Waals surface area contributed by atoms with E-state index in [1.54, 1.807) is 25.1 Å². The highest BCUT2D eigenvalue weighted by molar-refractivity contribution is 8.00. The highest BCUT2D eigenvalue weighted by atomic mass is 35.5. The number of nitrogens with zero attached hydrogens (tertiary/aromatic N) is 2. The first-order chi connectivity index (χ1) is 14.9. The van der Waals surface area contributed by atoms with Gasteiger partial charge in [0.25, 0.3) is 5.56 Å². The zero-order valence-corrected chi connectivity index (χ0v) is 19.2. The number of aryl methyl sites for hydroxylation is 1. The maximum atomic E-state index is 12.6. The number of aromatic nitrogens is 2. The molecule has 6 nitrogen and oxygen atoms in total. The summed E-state index contributed by atoms with van der Waals surface area (Å²) in [7, 11) is 0. The maximum Gasteiger partial charge on any atom is 0.271 e. The lowest BCUT2D eigenvalue weighted by molar-refractivity contribution is -0.120. The molecule has 0 saturated heterocycles. The lowest BCUT2D eigenvalue weighted by Gasteiger charge is -2.13. The fourth-order valence-electron chi connectivity index (χ4n) is 2.84. The van der Waals surface area contributed by atoms with E-state index in [0.717, 1.165) is 16.9 Å². The summed E-state index contributed by atoms with van der Waals surface area (Å²) in [6, 6.07) is 16.0. The van der Waals surface area contributed by atoms with Crippen LogP contribution in [0.3, 0.4) is 0 Å². The molecular weight excluding hydrogens is 434 g/mol. The SMILES string of the molecule is CCOc1cccc(CNC(=O)[C@@H](C)Sc2ccc(=O)n(-c3ccc(C)c(Cl)c3)n2)c1. The van der Waals surface area contributed by atoms with Crippen molar-refractivity contribution in [2.24, 2.45) is 0 Å². The van der Waals surface area contributed by atoms with E-state index in [9.17, 15) is 9.59 Å². The number of hydrogen-bond acceptors (Lipinski definition) is 5. The van der Waals surface area contributed by atoms with E-state index < -0.39 is 5.25 Å². The second kappa shape index (κ2) is 10.5. The second-order valence-corrected chi connectivity index (χ2v) is 8.68. The first-order valence-electron chi connectivity index (χ1n) is 9.90. The first kappa shape index (κ1) is 22.9. The number of rotatable bonds is 8. The van der Waals surface area contributed by atoms with Crippen LogP contribution in [-0.4, -0.2) is 27.5 Å². The summed E-state index contributed by atoms with van der Waals surface area (Å²) in [4.78, 5) is 24.8. The molecule has 31 heavy (non-hydrogen) atoms. The molecule has 0 aliphatic carbocycles. The van der Waals surface area contributed by atoms with E-state index in [1.807, 2.05) is 44.2 Å².